The predicted molar refractivity (Wildman–Crippen MR) is 110 cm³/mol. The Kier molecular flexibility index (Phi) is 4.81. The first-order valence-electron chi connectivity index (χ1n) is 10.2. The predicted octanol–water partition coefficient (Wildman–Crippen LogP) is 2.71. The summed E-state index contributed by atoms with van der Waals surface area (Å²) in [6, 6.07) is 5.57. The molecule has 5 heterocycles. The molecule has 5 rings (SSSR count). The van der Waals surface area contributed by atoms with Crippen LogP contribution in [0, 0.1) is 0 Å². The zero-order chi connectivity index (χ0) is 19.8. The van der Waals surface area contributed by atoms with Gasteiger partial charge in [0.05, 0.1) is 30.5 Å². The van der Waals surface area contributed by atoms with Gasteiger partial charge in [-0.15, -0.1) is 0 Å². The first-order chi connectivity index (χ1) is 14.2. The standard InChI is InChI=1S/C21H25N5O3/c1-14-13-28-11-9-25(14)18-12-17(27)15-5-7-22-21(20(15)24-18)16-6-8-23-26(16)19-4-2-3-10-29-19/h5-8,12,14,19H,2-4,9-11,13H2,1H3,(H,24,27)/t14-,19?/m0/s1. The molecule has 8 heteroatoms. The molecular weight excluding hydrogens is 370 g/mol. The summed E-state index contributed by atoms with van der Waals surface area (Å²) in [6.45, 7) is 4.87. The van der Waals surface area contributed by atoms with Gasteiger partial charge in [0, 0.05) is 37.0 Å². The van der Waals surface area contributed by atoms with Crippen LogP contribution in [-0.2, 0) is 9.47 Å². The molecule has 2 saturated heterocycles. The molecule has 0 saturated carbocycles. The fraction of sp³-hybridized carbons (Fsp3) is 0.476. The van der Waals surface area contributed by atoms with Crippen molar-refractivity contribution in [1.82, 2.24) is 19.7 Å². The lowest BCUT2D eigenvalue weighted by Crippen LogP contribution is -2.44. The van der Waals surface area contributed by atoms with E-state index in [0.29, 0.717) is 24.3 Å². The molecule has 3 aromatic heterocycles. The number of nitrogens with zero attached hydrogens (tertiary/aromatic N) is 4. The van der Waals surface area contributed by atoms with Crippen LogP contribution in [0.3, 0.4) is 0 Å². The van der Waals surface area contributed by atoms with Gasteiger partial charge >= 0.3 is 0 Å². The Morgan fingerprint density at radius 3 is 2.97 bits per heavy atom. The smallest absolute Gasteiger partial charge is 0.191 e. The summed E-state index contributed by atoms with van der Waals surface area (Å²) in [6.07, 6.45) is 6.46. The molecule has 2 atom stereocenters. The number of pyridine rings is 2. The zero-order valence-corrected chi connectivity index (χ0v) is 16.5. The van der Waals surface area contributed by atoms with E-state index in [1.54, 1.807) is 24.5 Å². The first-order valence-corrected chi connectivity index (χ1v) is 10.2. The highest BCUT2D eigenvalue weighted by Gasteiger charge is 2.24. The Morgan fingerprint density at radius 2 is 2.14 bits per heavy atom. The molecule has 2 aliphatic heterocycles. The Balaban J connectivity index is 1.64. The van der Waals surface area contributed by atoms with Crippen LogP contribution in [0.15, 0.2) is 35.4 Å². The minimum Gasteiger partial charge on any atom is -0.377 e. The SMILES string of the molecule is C[C@H]1COCCN1c1cc(=O)c2ccnc(-c3ccnn3C3CCCCO3)c2[nH]1. The Hall–Kier alpha value is -2.71. The number of aromatic nitrogens is 4. The average Bonchev–Trinajstić information content (AvgIpc) is 3.24. The lowest BCUT2D eigenvalue weighted by atomic mass is 10.1. The van der Waals surface area contributed by atoms with Crippen molar-refractivity contribution in [3.8, 4) is 11.4 Å². The summed E-state index contributed by atoms with van der Waals surface area (Å²) in [5.41, 5.74) is 2.28. The molecule has 3 aromatic rings. The number of ether oxygens (including phenoxy) is 2. The molecule has 0 bridgehead atoms. The van der Waals surface area contributed by atoms with Crippen molar-refractivity contribution < 1.29 is 9.47 Å². The number of hydrogen-bond acceptors (Lipinski definition) is 6. The molecular formula is C21H25N5O3. The maximum absolute atomic E-state index is 12.9. The largest absolute Gasteiger partial charge is 0.377 e. The summed E-state index contributed by atoms with van der Waals surface area (Å²) in [4.78, 5) is 23.2. The van der Waals surface area contributed by atoms with Crippen molar-refractivity contribution >= 4 is 16.7 Å². The highest BCUT2D eigenvalue weighted by Crippen LogP contribution is 2.30. The van der Waals surface area contributed by atoms with Gasteiger partial charge in [0.25, 0.3) is 0 Å². The van der Waals surface area contributed by atoms with Crippen LogP contribution in [0.1, 0.15) is 32.4 Å². The van der Waals surface area contributed by atoms with Crippen LogP contribution < -0.4 is 10.3 Å². The van der Waals surface area contributed by atoms with E-state index in [0.717, 1.165) is 49.4 Å². The van der Waals surface area contributed by atoms with Gasteiger partial charge in [0.2, 0.25) is 0 Å². The molecule has 1 N–H and O–H groups in total. The van der Waals surface area contributed by atoms with Gasteiger partial charge in [-0.05, 0) is 38.3 Å². The van der Waals surface area contributed by atoms with Gasteiger partial charge in [0.1, 0.15) is 11.5 Å². The fourth-order valence-corrected chi connectivity index (χ4v) is 4.24. The minimum absolute atomic E-state index is 0.0175. The lowest BCUT2D eigenvalue weighted by molar-refractivity contribution is -0.0383. The second kappa shape index (κ2) is 7.61. The van der Waals surface area contributed by atoms with Crippen molar-refractivity contribution in [1.29, 1.82) is 0 Å². The number of nitrogens with one attached hydrogen (secondary N) is 1. The van der Waals surface area contributed by atoms with Gasteiger partial charge in [-0.25, -0.2) is 4.68 Å². The van der Waals surface area contributed by atoms with E-state index in [-0.39, 0.29) is 17.7 Å². The normalized spacial score (nSPS) is 22.9. The van der Waals surface area contributed by atoms with Crippen molar-refractivity contribution in [2.45, 2.75) is 38.5 Å². The number of rotatable bonds is 3. The van der Waals surface area contributed by atoms with E-state index in [9.17, 15) is 4.79 Å². The van der Waals surface area contributed by atoms with E-state index in [2.05, 4.69) is 26.9 Å². The number of H-pyrrole nitrogens is 1. The quantitative estimate of drug-likeness (QED) is 0.734. The number of fused-ring (bicyclic) bond motifs is 1. The van der Waals surface area contributed by atoms with E-state index in [4.69, 9.17) is 9.47 Å². The van der Waals surface area contributed by atoms with E-state index < -0.39 is 0 Å². The van der Waals surface area contributed by atoms with Gasteiger partial charge in [-0.2, -0.15) is 5.10 Å². The molecule has 8 nitrogen and oxygen atoms in total. The highest BCUT2D eigenvalue weighted by atomic mass is 16.5. The van der Waals surface area contributed by atoms with E-state index in [1.165, 1.54) is 0 Å². The third kappa shape index (κ3) is 3.32. The van der Waals surface area contributed by atoms with Crippen LogP contribution in [0.2, 0.25) is 0 Å². The molecule has 2 fully saturated rings. The van der Waals surface area contributed by atoms with Gasteiger partial charge in [-0.3, -0.25) is 9.78 Å². The zero-order valence-electron chi connectivity index (χ0n) is 16.5. The first kappa shape index (κ1) is 18.3. The fourth-order valence-electron chi connectivity index (χ4n) is 4.24. The van der Waals surface area contributed by atoms with Gasteiger partial charge in [0.15, 0.2) is 11.7 Å². The monoisotopic (exact) mass is 395 g/mol. The van der Waals surface area contributed by atoms with E-state index >= 15 is 0 Å². The Labute approximate surface area is 168 Å². The van der Waals surface area contributed by atoms with Gasteiger partial charge < -0.3 is 19.4 Å². The minimum atomic E-state index is -0.0972. The third-order valence-corrected chi connectivity index (χ3v) is 5.76. The van der Waals surface area contributed by atoms with E-state index in [1.807, 2.05) is 10.7 Å². The Morgan fingerprint density at radius 1 is 1.21 bits per heavy atom. The molecule has 152 valence electrons. The summed E-state index contributed by atoms with van der Waals surface area (Å²) in [5, 5.41) is 5.12. The summed E-state index contributed by atoms with van der Waals surface area (Å²) >= 11 is 0. The maximum Gasteiger partial charge on any atom is 0.191 e. The summed E-state index contributed by atoms with van der Waals surface area (Å²) in [5.74, 6) is 0.799. The molecule has 0 spiro atoms. The van der Waals surface area contributed by atoms with Crippen molar-refractivity contribution in [2.75, 3.05) is 31.3 Å². The number of anilines is 1. The topological polar surface area (TPSA) is 85.3 Å². The number of morpholine rings is 1. The molecule has 2 aliphatic rings. The Bertz CT molecular complexity index is 1070. The maximum atomic E-state index is 12.9. The van der Waals surface area contributed by atoms with Crippen LogP contribution in [0.25, 0.3) is 22.3 Å². The molecule has 0 radical (unpaired) electrons. The van der Waals surface area contributed by atoms with Crippen LogP contribution in [-0.4, -0.2) is 52.2 Å². The lowest BCUT2D eigenvalue weighted by Gasteiger charge is -2.34. The van der Waals surface area contributed by atoms with Crippen molar-refractivity contribution in [3.05, 3.63) is 40.8 Å². The number of hydrogen-bond donors (Lipinski definition) is 1. The van der Waals surface area contributed by atoms with Crippen molar-refractivity contribution in [3.63, 3.8) is 0 Å². The molecule has 0 aliphatic carbocycles. The third-order valence-electron chi connectivity index (χ3n) is 5.76. The molecule has 0 aromatic carbocycles. The molecule has 29 heavy (non-hydrogen) atoms. The molecule has 0 amide bonds. The average molecular weight is 395 g/mol. The van der Waals surface area contributed by atoms with Gasteiger partial charge in [-0.1, -0.05) is 0 Å². The van der Waals surface area contributed by atoms with Crippen LogP contribution in [0.4, 0.5) is 5.82 Å². The summed E-state index contributed by atoms with van der Waals surface area (Å²) < 4.78 is 13.4. The van der Waals surface area contributed by atoms with Crippen LogP contribution >= 0.6 is 0 Å². The molecule has 1 unspecified atom stereocenters. The second-order valence-electron chi connectivity index (χ2n) is 7.70. The number of aromatic amines is 1. The van der Waals surface area contributed by atoms with Crippen molar-refractivity contribution in [2.24, 2.45) is 0 Å². The summed E-state index contributed by atoms with van der Waals surface area (Å²) in [7, 11) is 0. The van der Waals surface area contributed by atoms with Crippen LogP contribution in [0.5, 0.6) is 0 Å². The second-order valence-corrected chi connectivity index (χ2v) is 7.70. The highest BCUT2D eigenvalue weighted by molar-refractivity contribution is 5.91.